The number of anilines is 1. The first-order valence-electron chi connectivity index (χ1n) is 11.9. The van der Waals surface area contributed by atoms with Gasteiger partial charge in [-0.25, -0.2) is 25.5 Å². The normalized spacial score (nSPS) is 18.4. The summed E-state index contributed by atoms with van der Waals surface area (Å²) in [4.78, 5) is 13.1. The molecule has 0 aromatic heterocycles. The number of hydrogen-bond acceptors (Lipinski definition) is 7. The van der Waals surface area contributed by atoms with Crippen molar-refractivity contribution in [2.75, 3.05) is 51.8 Å². The molecule has 2 fully saturated rings. The van der Waals surface area contributed by atoms with Gasteiger partial charge in [0.1, 0.15) is 11.6 Å². The molecule has 10 nitrogen and oxygen atoms in total. The molecule has 2 saturated heterocycles. The van der Waals surface area contributed by atoms with Crippen LogP contribution in [0.15, 0.2) is 47.4 Å². The second-order valence-corrected chi connectivity index (χ2v) is 12.8. The highest BCUT2D eigenvalue weighted by molar-refractivity contribution is 7.89. The number of sulfonamides is 2. The smallest absolute Gasteiger partial charge is 0.243 e. The van der Waals surface area contributed by atoms with Crippen LogP contribution in [-0.2, 0) is 35.3 Å². The lowest BCUT2D eigenvalue weighted by atomic mass is 9.97. The van der Waals surface area contributed by atoms with E-state index in [1.165, 1.54) is 52.1 Å². The largest absolute Gasteiger partial charge is 0.495 e. The molecule has 0 spiro atoms. The molecule has 2 heterocycles. The molecule has 2 aliphatic heterocycles. The van der Waals surface area contributed by atoms with Crippen molar-refractivity contribution in [1.29, 1.82) is 0 Å². The Morgan fingerprint density at radius 3 is 2.35 bits per heavy atom. The van der Waals surface area contributed by atoms with E-state index >= 15 is 0 Å². The molecule has 0 atom stereocenters. The molecule has 0 aliphatic carbocycles. The molecular weight excluding hydrogens is 525 g/mol. The Labute approximate surface area is 216 Å². The van der Waals surface area contributed by atoms with E-state index in [0.29, 0.717) is 19.0 Å². The lowest BCUT2D eigenvalue weighted by molar-refractivity contribution is -0.120. The molecule has 37 heavy (non-hydrogen) atoms. The van der Waals surface area contributed by atoms with Gasteiger partial charge in [-0.2, -0.15) is 4.31 Å². The first-order chi connectivity index (χ1) is 17.6. The van der Waals surface area contributed by atoms with Crippen molar-refractivity contribution >= 4 is 31.6 Å². The fraction of sp³-hybridized carbons (Fsp3) is 0.458. The van der Waals surface area contributed by atoms with E-state index in [4.69, 9.17) is 9.47 Å². The molecule has 2 aliphatic rings. The standard InChI is InChI=1S/C24H30FN3O7S2/c1-34-23-7-6-20(37(32,33)28-12-14-35-15-13-28)16-22(23)26-24(29)18-8-10-27(11-9-18)36(30,31)17-19-4-2-3-5-21(19)25/h2-7,16,18H,8-15,17H2,1H3,(H,26,29). The van der Waals surface area contributed by atoms with Crippen LogP contribution in [0.25, 0.3) is 0 Å². The monoisotopic (exact) mass is 555 g/mol. The van der Waals surface area contributed by atoms with Gasteiger partial charge in [0.05, 0.1) is 36.7 Å². The molecule has 1 amide bonds. The number of rotatable bonds is 8. The van der Waals surface area contributed by atoms with Crippen LogP contribution in [0.1, 0.15) is 18.4 Å². The summed E-state index contributed by atoms with van der Waals surface area (Å²) in [5.41, 5.74) is 0.317. The van der Waals surface area contributed by atoms with Crippen LogP contribution < -0.4 is 10.1 Å². The Kier molecular flexibility index (Phi) is 8.49. The van der Waals surface area contributed by atoms with Gasteiger partial charge in [0.25, 0.3) is 0 Å². The van der Waals surface area contributed by atoms with Crippen LogP contribution in [0.4, 0.5) is 10.1 Å². The first-order valence-corrected chi connectivity index (χ1v) is 14.9. The number of methoxy groups -OCH3 is 1. The number of carbonyl (C=O) groups excluding carboxylic acids is 1. The van der Waals surface area contributed by atoms with Crippen molar-refractivity contribution in [3.8, 4) is 5.75 Å². The van der Waals surface area contributed by atoms with E-state index in [1.807, 2.05) is 0 Å². The van der Waals surface area contributed by atoms with E-state index in [2.05, 4.69) is 5.32 Å². The minimum Gasteiger partial charge on any atom is -0.495 e. The maximum Gasteiger partial charge on any atom is 0.243 e. The van der Waals surface area contributed by atoms with Crippen LogP contribution in [0.2, 0.25) is 0 Å². The lowest BCUT2D eigenvalue weighted by Gasteiger charge is -2.30. The zero-order chi connectivity index (χ0) is 26.6. The summed E-state index contributed by atoms with van der Waals surface area (Å²) < 4.78 is 78.8. The number of hydrogen-bond donors (Lipinski definition) is 1. The zero-order valence-electron chi connectivity index (χ0n) is 20.4. The molecule has 2 aromatic rings. The van der Waals surface area contributed by atoms with E-state index in [1.54, 1.807) is 6.07 Å². The summed E-state index contributed by atoms with van der Waals surface area (Å²) in [5, 5.41) is 2.76. The summed E-state index contributed by atoms with van der Waals surface area (Å²) in [6.45, 7) is 1.36. The third-order valence-electron chi connectivity index (χ3n) is 6.55. The highest BCUT2D eigenvalue weighted by Crippen LogP contribution is 2.31. The third kappa shape index (κ3) is 6.29. The van der Waals surface area contributed by atoms with Gasteiger partial charge in [-0.05, 0) is 37.1 Å². The Balaban J connectivity index is 1.41. The first kappa shape index (κ1) is 27.5. The van der Waals surface area contributed by atoms with E-state index in [9.17, 15) is 26.0 Å². The lowest BCUT2D eigenvalue weighted by Crippen LogP contribution is -2.42. The van der Waals surface area contributed by atoms with Crippen LogP contribution in [0.3, 0.4) is 0 Å². The van der Waals surface area contributed by atoms with Crippen molar-refractivity contribution in [3.63, 3.8) is 0 Å². The van der Waals surface area contributed by atoms with Crippen molar-refractivity contribution in [3.05, 3.63) is 53.8 Å². The van der Waals surface area contributed by atoms with Crippen molar-refractivity contribution < 1.29 is 35.5 Å². The summed E-state index contributed by atoms with van der Waals surface area (Å²) in [7, 11) is -6.11. The molecule has 0 radical (unpaired) electrons. The summed E-state index contributed by atoms with van der Waals surface area (Å²) in [6, 6.07) is 10.0. The predicted octanol–water partition coefficient (Wildman–Crippen LogP) is 2.04. The fourth-order valence-corrected chi connectivity index (χ4v) is 7.43. The quantitative estimate of drug-likeness (QED) is 0.529. The Morgan fingerprint density at radius 1 is 1.03 bits per heavy atom. The van der Waals surface area contributed by atoms with Gasteiger partial charge >= 0.3 is 0 Å². The van der Waals surface area contributed by atoms with E-state index in [-0.39, 0.29) is 61.1 Å². The average Bonchev–Trinajstić information content (AvgIpc) is 2.90. The van der Waals surface area contributed by atoms with Crippen molar-refractivity contribution in [1.82, 2.24) is 8.61 Å². The van der Waals surface area contributed by atoms with Crippen LogP contribution >= 0.6 is 0 Å². The second-order valence-electron chi connectivity index (χ2n) is 8.89. The number of carbonyl (C=O) groups is 1. The topological polar surface area (TPSA) is 122 Å². The van der Waals surface area contributed by atoms with Crippen molar-refractivity contribution in [2.45, 2.75) is 23.5 Å². The Morgan fingerprint density at radius 2 is 1.70 bits per heavy atom. The average molecular weight is 556 g/mol. The van der Waals surface area contributed by atoms with Gasteiger partial charge in [-0.15, -0.1) is 0 Å². The highest BCUT2D eigenvalue weighted by atomic mass is 32.2. The number of morpholine rings is 1. The second kappa shape index (κ2) is 11.4. The van der Waals surface area contributed by atoms with Gasteiger partial charge in [0.15, 0.2) is 0 Å². The van der Waals surface area contributed by atoms with Crippen LogP contribution in [-0.4, -0.2) is 77.9 Å². The summed E-state index contributed by atoms with van der Waals surface area (Å²) >= 11 is 0. The molecule has 1 N–H and O–H groups in total. The molecule has 2 aromatic carbocycles. The number of piperidine rings is 1. The minimum absolute atomic E-state index is 0.0274. The zero-order valence-corrected chi connectivity index (χ0v) is 22.1. The Bertz CT molecular complexity index is 1340. The summed E-state index contributed by atoms with van der Waals surface area (Å²) in [6.07, 6.45) is 0.548. The third-order valence-corrected chi connectivity index (χ3v) is 10.3. The molecule has 13 heteroatoms. The number of benzene rings is 2. The van der Waals surface area contributed by atoms with Gasteiger partial charge in [-0.1, -0.05) is 18.2 Å². The van der Waals surface area contributed by atoms with Gasteiger partial charge in [0, 0.05) is 37.7 Å². The minimum atomic E-state index is -3.78. The number of nitrogens with zero attached hydrogens (tertiary/aromatic N) is 2. The maximum atomic E-state index is 13.9. The molecule has 0 unspecified atom stereocenters. The maximum absolute atomic E-state index is 13.9. The van der Waals surface area contributed by atoms with Crippen LogP contribution in [0.5, 0.6) is 5.75 Å². The fourth-order valence-electron chi connectivity index (χ4n) is 4.42. The van der Waals surface area contributed by atoms with Gasteiger partial charge < -0.3 is 14.8 Å². The SMILES string of the molecule is COc1ccc(S(=O)(=O)N2CCOCC2)cc1NC(=O)C1CCN(S(=O)(=O)Cc2ccccc2F)CC1. The molecule has 0 bridgehead atoms. The van der Waals surface area contributed by atoms with Crippen LogP contribution in [0, 0.1) is 11.7 Å². The molecular formula is C24H30FN3O7S2. The van der Waals surface area contributed by atoms with E-state index in [0.717, 1.165) is 0 Å². The number of ether oxygens (including phenoxy) is 2. The van der Waals surface area contributed by atoms with Crippen molar-refractivity contribution in [2.24, 2.45) is 5.92 Å². The predicted molar refractivity (Wildman–Crippen MR) is 135 cm³/mol. The van der Waals surface area contributed by atoms with E-state index < -0.39 is 37.5 Å². The van der Waals surface area contributed by atoms with Gasteiger partial charge in [-0.3, -0.25) is 4.79 Å². The number of nitrogens with one attached hydrogen (secondary N) is 1. The summed E-state index contributed by atoms with van der Waals surface area (Å²) in [5.74, 6) is -1.56. The highest BCUT2D eigenvalue weighted by Gasteiger charge is 2.32. The number of halogens is 1. The molecule has 202 valence electrons. The van der Waals surface area contributed by atoms with Gasteiger partial charge in [0.2, 0.25) is 26.0 Å². The molecule has 4 rings (SSSR count). The number of amides is 1. The Hall–Kier alpha value is -2.58. The molecule has 0 saturated carbocycles.